The quantitative estimate of drug-likeness (QED) is 0.621. The van der Waals surface area contributed by atoms with Crippen molar-refractivity contribution in [2.45, 2.75) is 33.1 Å². The zero-order chi connectivity index (χ0) is 12.0. The molecule has 1 unspecified atom stereocenters. The molecule has 0 bridgehead atoms. The Morgan fingerprint density at radius 3 is 2.88 bits per heavy atom. The van der Waals surface area contributed by atoms with Gasteiger partial charge in [-0.15, -0.1) is 0 Å². The monoisotopic (exact) mass is 228 g/mol. The van der Waals surface area contributed by atoms with Crippen molar-refractivity contribution < 1.29 is 9.90 Å². The zero-order valence-electron chi connectivity index (χ0n) is 10.4. The molecule has 0 aliphatic carbocycles. The highest BCUT2D eigenvalue weighted by molar-refractivity contribution is 5.79. The van der Waals surface area contributed by atoms with Gasteiger partial charge < -0.3 is 15.7 Å². The number of carbonyl (C=O) groups is 1. The molecular formula is C12H24N2O2. The van der Waals surface area contributed by atoms with Crippen LogP contribution in [0.5, 0.6) is 0 Å². The van der Waals surface area contributed by atoms with Crippen molar-refractivity contribution in [1.29, 1.82) is 0 Å². The molecule has 1 atom stereocenters. The van der Waals surface area contributed by atoms with E-state index in [9.17, 15) is 4.79 Å². The van der Waals surface area contributed by atoms with Crippen LogP contribution >= 0.6 is 0 Å². The lowest BCUT2D eigenvalue weighted by Gasteiger charge is -2.25. The fourth-order valence-electron chi connectivity index (χ4n) is 2.00. The van der Waals surface area contributed by atoms with Gasteiger partial charge in [-0.1, -0.05) is 13.8 Å². The summed E-state index contributed by atoms with van der Waals surface area (Å²) >= 11 is 0. The predicted octanol–water partition coefficient (Wildman–Crippen LogP) is 0.511. The van der Waals surface area contributed by atoms with Gasteiger partial charge in [-0.25, -0.2) is 0 Å². The van der Waals surface area contributed by atoms with E-state index < -0.39 is 0 Å². The summed E-state index contributed by atoms with van der Waals surface area (Å²) in [5.74, 6) is 0.315. The Balaban J connectivity index is 2.24. The Labute approximate surface area is 97.8 Å². The highest BCUT2D eigenvalue weighted by atomic mass is 16.2. The van der Waals surface area contributed by atoms with Gasteiger partial charge in [0.05, 0.1) is 5.92 Å². The molecular weight excluding hydrogens is 204 g/mol. The number of carbonyl (C=O) groups excluding carboxylic acids is 1. The lowest BCUT2D eigenvalue weighted by Crippen LogP contribution is -2.38. The Morgan fingerprint density at radius 2 is 2.31 bits per heavy atom. The van der Waals surface area contributed by atoms with E-state index in [4.69, 9.17) is 5.11 Å². The third-order valence-corrected chi connectivity index (χ3v) is 3.18. The van der Waals surface area contributed by atoms with Gasteiger partial charge in [-0.05, 0) is 31.2 Å². The minimum absolute atomic E-state index is 0.0738. The molecule has 3 N–H and O–H groups in total. The number of aliphatic hydroxyl groups is 1. The zero-order valence-corrected chi connectivity index (χ0v) is 10.4. The van der Waals surface area contributed by atoms with Crippen LogP contribution in [0.4, 0.5) is 0 Å². The van der Waals surface area contributed by atoms with E-state index in [-0.39, 0.29) is 23.8 Å². The molecule has 4 heteroatoms. The summed E-state index contributed by atoms with van der Waals surface area (Å²) in [7, 11) is 0. The summed E-state index contributed by atoms with van der Waals surface area (Å²) in [6.07, 6.45) is 2.68. The summed E-state index contributed by atoms with van der Waals surface area (Å²) in [6, 6.07) is 0. The molecule has 1 heterocycles. The Kier molecular flexibility index (Phi) is 5.22. The molecule has 1 saturated heterocycles. The van der Waals surface area contributed by atoms with Gasteiger partial charge in [0.2, 0.25) is 5.91 Å². The lowest BCUT2D eigenvalue weighted by molar-refractivity contribution is -0.124. The average molecular weight is 228 g/mol. The van der Waals surface area contributed by atoms with Crippen molar-refractivity contribution in [3.63, 3.8) is 0 Å². The molecule has 1 rings (SSSR count). The summed E-state index contributed by atoms with van der Waals surface area (Å²) < 4.78 is 0. The van der Waals surface area contributed by atoms with Crippen LogP contribution in [0.25, 0.3) is 0 Å². The van der Waals surface area contributed by atoms with Crippen LogP contribution in [-0.2, 0) is 4.79 Å². The molecule has 1 aliphatic heterocycles. The predicted molar refractivity (Wildman–Crippen MR) is 64.1 cm³/mol. The molecule has 0 aromatic rings. The number of amides is 1. The van der Waals surface area contributed by atoms with Crippen molar-refractivity contribution >= 4 is 5.91 Å². The molecule has 1 amide bonds. The molecule has 1 aliphatic rings. The average Bonchev–Trinajstić information content (AvgIpc) is 2.77. The van der Waals surface area contributed by atoms with E-state index in [2.05, 4.69) is 24.5 Å². The van der Waals surface area contributed by atoms with Crippen LogP contribution in [0.15, 0.2) is 0 Å². The lowest BCUT2D eigenvalue weighted by atomic mass is 9.87. The van der Waals surface area contributed by atoms with E-state index in [1.54, 1.807) is 0 Å². The normalized spacial score (nSPS) is 21.1. The van der Waals surface area contributed by atoms with E-state index in [0.717, 1.165) is 32.4 Å². The number of hydrogen-bond donors (Lipinski definition) is 3. The molecule has 0 aromatic heterocycles. The maximum atomic E-state index is 11.8. The minimum atomic E-state index is 0.0738. The first-order chi connectivity index (χ1) is 7.55. The van der Waals surface area contributed by atoms with Crippen molar-refractivity contribution in [1.82, 2.24) is 10.6 Å². The Bertz CT molecular complexity index is 223. The summed E-state index contributed by atoms with van der Waals surface area (Å²) in [4.78, 5) is 11.8. The van der Waals surface area contributed by atoms with E-state index in [0.29, 0.717) is 6.54 Å². The first kappa shape index (κ1) is 13.5. The first-order valence-electron chi connectivity index (χ1n) is 6.14. The summed E-state index contributed by atoms with van der Waals surface area (Å²) in [5.41, 5.74) is 0.0738. The Morgan fingerprint density at radius 1 is 1.56 bits per heavy atom. The Hall–Kier alpha value is -0.610. The smallest absolute Gasteiger partial charge is 0.224 e. The summed E-state index contributed by atoms with van der Waals surface area (Å²) in [6.45, 7) is 6.92. The fourth-order valence-corrected chi connectivity index (χ4v) is 2.00. The van der Waals surface area contributed by atoms with Gasteiger partial charge in [0.15, 0.2) is 0 Å². The second kappa shape index (κ2) is 6.21. The van der Waals surface area contributed by atoms with Gasteiger partial charge in [-0.3, -0.25) is 4.79 Å². The number of nitrogens with one attached hydrogen (secondary N) is 2. The third kappa shape index (κ3) is 4.49. The first-order valence-corrected chi connectivity index (χ1v) is 6.14. The molecule has 0 radical (unpaired) electrons. The van der Waals surface area contributed by atoms with Gasteiger partial charge >= 0.3 is 0 Å². The second-order valence-corrected chi connectivity index (χ2v) is 5.40. The van der Waals surface area contributed by atoms with E-state index in [1.165, 1.54) is 0 Å². The number of rotatable bonds is 6. The van der Waals surface area contributed by atoms with Crippen LogP contribution in [0.3, 0.4) is 0 Å². The standard InChI is InChI=1S/C12H24N2O2/c1-12(2,5-3-7-15)9-14-11(16)10-4-6-13-8-10/h10,13,15H,3-9H2,1-2H3,(H,14,16). The van der Waals surface area contributed by atoms with Gasteiger partial charge in [0, 0.05) is 19.7 Å². The highest BCUT2D eigenvalue weighted by Crippen LogP contribution is 2.21. The maximum Gasteiger partial charge on any atom is 0.224 e. The van der Waals surface area contributed by atoms with Crippen molar-refractivity contribution in [3.8, 4) is 0 Å². The molecule has 0 aromatic carbocycles. The maximum absolute atomic E-state index is 11.8. The molecule has 1 fully saturated rings. The van der Waals surface area contributed by atoms with Gasteiger partial charge in [-0.2, -0.15) is 0 Å². The van der Waals surface area contributed by atoms with Crippen molar-refractivity contribution in [2.75, 3.05) is 26.2 Å². The van der Waals surface area contributed by atoms with Crippen LogP contribution < -0.4 is 10.6 Å². The molecule has 0 spiro atoms. The minimum Gasteiger partial charge on any atom is -0.396 e. The van der Waals surface area contributed by atoms with Gasteiger partial charge in [0.1, 0.15) is 0 Å². The van der Waals surface area contributed by atoms with Gasteiger partial charge in [0.25, 0.3) is 0 Å². The highest BCUT2D eigenvalue weighted by Gasteiger charge is 2.24. The van der Waals surface area contributed by atoms with Crippen molar-refractivity contribution in [2.24, 2.45) is 11.3 Å². The topological polar surface area (TPSA) is 61.4 Å². The van der Waals surface area contributed by atoms with Crippen molar-refractivity contribution in [3.05, 3.63) is 0 Å². The molecule has 4 nitrogen and oxygen atoms in total. The van der Waals surface area contributed by atoms with Crippen LogP contribution in [0.1, 0.15) is 33.1 Å². The number of hydrogen-bond acceptors (Lipinski definition) is 3. The van der Waals surface area contributed by atoms with Crippen LogP contribution in [-0.4, -0.2) is 37.3 Å². The van der Waals surface area contributed by atoms with Crippen LogP contribution in [0, 0.1) is 11.3 Å². The molecule has 0 saturated carbocycles. The third-order valence-electron chi connectivity index (χ3n) is 3.18. The van der Waals surface area contributed by atoms with Crippen LogP contribution in [0.2, 0.25) is 0 Å². The van der Waals surface area contributed by atoms with E-state index in [1.807, 2.05) is 0 Å². The largest absolute Gasteiger partial charge is 0.396 e. The molecule has 94 valence electrons. The van der Waals surface area contributed by atoms with E-state index >= 15 is 0 Å². The second-order valence-electron chi connectivity index (χ2n) is 5.40. The summed E-state index contributed by atoms with van der Waals surface area (Å²) in [5, 5.41) is 15.0. The number of aliphatic hydroxyl groups excluding tert-OH is 1. The fraction of sp³-hybridized carbons (Fsp3) is 0.917. The molecule has 16 heavy (non-hydrogen) atoms. The SMILES string of the molecule is CC(C)(CCCO)CNC(=O)C1CCNC1.